The number of benzene rings is 2. The number of ether oxygens (including phenoxy) is 4. The lowest BCUT2D eigenvalue weighted by atomic mass is 10.1. The zero-order valence-electron chi connectivity index (χ0n) is 16.4. The molecule has 0 aliphatic rings. The summed E-state index contributed by atoms with van der Waals surface area (Å²) in [5, 5.41) is 2.99. The molecule has 0 aliphatic carbocycles. The molecular formula is C21H27NO5. The Labute approximate surface area is 160 Å². The van der Waals surface area contributed by atoms with Gasteiger partial charge in [0.1, 0.15) is 11.5 Å². The van der Waals surface area contributed by atoms with Crippen LogP contribution in [-0.2, 0) is 4.79 Å². The van der Waals surface area contributed by atoms with Gasteiger partial charge in [0.2, 0.25) is 0 Å². The molecule has 1 N–H and O–H groups in total. The summed E-state index contributed by atoms with van der Waals surface area (Å²) in [6, 6.07) is 12.5. The van der Waals surface area contributed by atoms with Crippen molar-refractivity contribution in [3.05, 3.63) is 48.0 Å². The van der Waals surface area contributed by atoms with E-state index in [2.05, 4.69) is 5.32 Å². The van der Waals surface area contributed by atoms with Crippen molar-refractivity contribution >= 4 is 5.91 Å². The van der Waals surface area contributed by atoms with Crippen LogP contribution in [0.25, 0.3) is 0 Å². The molecule has 0 saturated carbocycles. The summed E-state index contributed by atoms with van der Waals surface area (Å²) in [5.74, 6) is 2.46. The Morgan fingerprint density at radius 3 is 2.11 bits per heavy atom. The average molecular weight is 373 g/mol. The van der Waals surface area contributed by atoms with Gasteiger partial charge < -0.3 is 24.3 Å². The molecule has 0 aliphatic heterocycles. The third kappa shape index (κ3) is 5.29. The van der Waals surface area contributed by atoms with Crippen LogP contribution in [0.1, 0.15) is 31.9 Å². The van der Waals surface area contributed by atoms with Crippen molar-refractivity contribution in [1.29, 1.82) is 0 Å². The van der Waals surface area contributed by atoms with Gasteiger partial charge in [0.05, 0.1) is 27.4 Å². The molecule has 0 unspecified atom stereocenters. The fourth-order valence-corrected chi connectivity index (χ4v) is 2.65. The Morgan fingerprint density at radius 1 is 0.926 bits per heavy atom. The van der Waals surface area contributed by atoms with Gasteiger partial charge in [-0.1, -0.05) is 13.0 Å². The van der Waals surface area contributed by atoms with Gasteiger partial charge in [-0.3, -0.25) is 4.79 Å². The molecule has 2 atom stereocenters. The van der Waals surface area contributed by atoms with Gasteiger partial charge in [-0.2, -0.15) is 0 Å². The van der Waals surface area contributed by atoms with Crippen LogP contribution in [0.3, 0.4) is 0 Å². The molecule has 2 aromatic carbocycles. The summed E-state index contributed by atoms with van der Waals surface area (Å²) in [6.45, 7) is 3.83. The van der Waals surface area contributed by atoms with E-state index in [9.17, 15) is 4.79 Å². The Bertz CT molecular complexity index is 745. The molecule has 1 amide bonds. The van der Waals surface area contributed by atoms with Crippen LogP contribution < -0.4 is 24.3 Å². The average Bonchev–Trinajstić information content (AvgIpc) is 2.71. The van der Waals surface area contributed by atoms with Crippen molar-refractivity contribution in [1.82, 2.24) is 5.32 Å². The maximum absolute atomic E-state index is 12.6. The molecule has 2 aromatic rings. The lowest BCUT2D eigenvalue weighted by molar-refractivity contribution is -0.128. The molecule has 146 valence electrons. The third-order valence-electron chi connectivity index (χ3n) is 4.27. The first-order valence-corrected chi connectivity index (χ1v) is 8.85. The van der Waals surface area contributed by atoms with E-state index < -0.39 is 6.10 Å². The van der Waals surface area contributed by atoms with Gasteiger partial charge in [0, 0.05) is 0 Å². The normalized spacial score (nSPS) is 12.6. The number of carbonyl (C=O) groups excluding carboxylic acids is 1. The van der Waals surface area contributed by atoms with Gasteiger partial charge >= 0.3 is 0 Å². The molecule has 0 aromatic heterocycles. The zero-order valence-corrected chi connectivity index (χ0v) is 16.4. The summed E-state index contributed by atoms with van der Waals surface area (Å²) in [7, 11) is 4.78. The second-order valence-corrected chi connectivity index (χ2v) is 6.03. The van der Waals surface area contributed by atoms with Crippen molar-refractivity contribution in [2.75, 3.05) is 21.3 Å². The fourth-order valence-electron chi connectivity index (χ4n) is 2.65. The first kappa shape index (κ1) is 20.4. The largest absolute Gasteiger partial charge is 0.497 e. The summed E-state index contributed by atoms with van der Waals surface area (Å²) in [6.07, 6.45) is -0.0303. The quantitative estimate of drug-likeness (QED) is 0.725. The Kier molecular flexibility index (Phi) is 7.34. The number of amides is 1. The first-order chi connectivity index (χ1) is 13.0. The highest BCUT2D eigenvalue weighted by molar-refractivity contribution is 5.81. The van der Waals surface area contributed by atoms with E-state index in [0.717, 1.165) is 11.3 Å². The van der Waals surface area contributed by atoms with Crippen molar-refractivity contribution in [3.63, 3.8) is 0 Å². The lowest BCUT2D eigenvalue weighted by Crippen LogP contribution is -2.39. The topological polar surface area (TPSA) is 66.0 Å². The van der Waals surface area contributed by atoms with E-state index in [1.165, 1.54) is 0 Å². The molecule has 0 saturated heterocycles. The smallest absolute Gasteiger partial charge is 0.261 e. The van der Waals surface area contributed by atoms with E-state index in [0.29, 0.717) is 23.7 Å². The van der Waals surface area contributed by atoms with Gasteiger partial charge in [-0.25, -0.2) is 0 Å². The van der Waals surface area contributed by atoms with E-state index in [1.807, 2.05) is 32.0 Å². The van der Waals surface area contributed by atoms with Gasteiger partial charge in [-0.05, 0) is 55.3 Å². The minimum atomic E-state index is -0.582. The maximum atomic E-state index is 12.6. The van der Waals surface area contributed by atoms with Crippen LogP contribution in [0.2, 0.25) is 0 Å². The van der Waals surface area contributed by atoms with E-state index in [-0.39, 0.29) is 11.9 Å². The van der Waals surface area contributed by atoms with Crippen LogP contribution in [-0.4, -0.2) is 33.3 Å². The predicted octanol–water partition coefficient (Wildman–Crippen LogP) is 3.75. The number of rotatable bonds is 9. The molecule has 0 radical (unpaired) electrons. The second kappa shape index (κ2) is 9.71. The Morgan fingerprint density at radius 2 is 1.56 bits per heavy atom. The molecule has 27 heavy (non-hydrogen) atoms. The van der Waals surface area contributed by atoms with Gasteiger partial charge in [0.15, 0.2) is 17.6 Å². The van der Waals surface area contributed by atoms with Crippen molar-refractivity contribution in [2.24, 2.45) is 0 Å². The predicted molar refractivity (Wildman–Crippen MR) is 104 cm³/mol. The molecule has 0 spiro atoms. The summed E-state index contributed by atoms with van der Waals surface area (Å²) in [5.41, 5.74) is 0.917. The standard InChI is InChI=1S/C21H27NO5/c1-6-18(27-17-10-8-16(24-3)9-11-17)21(23)22-14(2)15-7-12-19(25-4)20(13-15)26-5/h7-14,18H,6H2,1-5H3,(H,22,23)/t14-,18+/m0/s1. The number of carbonyl (C=O) groups is 1. The van der Waals surface area contributed by atoms with Crippen LogP contribution in [0.4, 0.5) is 0 Å². The number of hydrogen-bond donors (Lipinski definition) is 1. The van der Waals surface area contributed by atoms with Crippen molar-refractivity contribution in [3.8, 4) is 23.0 Å². The molecule has 6 heteroatoms. The minimum absolute atomic E-state index is 0.171. The minimum Gasteiger partial charge on any atom is -0.497 e. The number of nitrogens with one attached hydrogen (secondary N) is 1. The molecule has 2 rings (SSSR count). The lowest BCUT2D eigenvalue weighted by Gasteiger charge is -2.21. The second-order valence-electron chi connectivity index (χ2n) is 6.03. The monoisotopic (exact) mass is 373 g/mol. The number of methoxy groups -OCH3 is 3. The van der Waals surface area contributed by atoms with E-state index >= 15 is 0 Å². The summed E-state index contributed by atoms with van der Waals surface area (Å²) < 4.78 is 21.5. The van der Waals surface area contributed by atoms with Crippen molar-refractivity contribution in [2.45, 2.75) is 32.4 Å². The molecular weight excluding hydrogens is 346 g/mol. The van der Waals surface area contributed by atoms with Gasteiger partial charge in [0.25, 0.3) is 5.91 Å². The highest BCUT2D eigenvalue weighted by atomic mass is 16.5. The number of hydrogen-bond acceptors (Lipinski definition) is 5. The van der Waals surface area contributed by atoms with Crippen molar-refractivity contribution < 1.29 is 23.7 Å². The highest BCUT2D eigenvalue weighted by Crippen LogP contribution is 2.30. The maximum Gasteiger partial charge on any atom is 0.261 e. The SMILES string of the molecule is CC[C@@H](Oc1ccc(OC)cc1)C(=O)N[C@@H](C)c1ccc(OC)c(OC)c1. The fraction of sp³-hybridized carbons (Fsp3) is 0.381. The molecule has 6 nitrogen and oxygen atoms in total. The van der Waals surface area contributed by atoms with Crippen LogP contribution in [0.15, 0.2) is 42.5 Å². The summed E-state index contributed by atoms with van der Waals surface area (Å²) in [4.78, 5) is 12.6. The molecule has 0 heterocycles. The zero-order chi connectivity index (χ0) is 19.8. The summed E-state index contributed by atoms with van der Waals surface area (Å²) >= 11 is 0. The van der Waals surface area contributed by atoms with Crippen LogP contribution in [0, 0.1) is 0 Å². The van der Waals surface area contributed by atoms with E-state index in [1.54, 1.807) is 45.6 Å². The third-order valence-corrected chi connectivity index (χ3v) is 4.27. The Hall–Kier alpha value is -2.89. The molecule has 0 fully saturated rings. The Balaban J connectivity index is 2.04. The van der Waals surface area contributed by atoms with Crippen LogP contribution in [0.5, 0.6) is 23.0 Å². The van der Waals surface area contributed by atoms with Gasteiger partial charge in [-0.15, -0.1) is 0 Å². The first-order valence-electron chi connectivity index (χ1n) is 8.85. The van der Waals surface area contributed by atoms with E-state index in [4.69, 9.17) is 18.9 Å². The van der Waals surface area contributed by atoms with Crippen LogP contribution >= 0.6 is 0 Å². The highest BCUT2D eigenvalue weighted by Gasteiger charge is 2.21. The molecule has 0 bridgehead atoms.